The SMILES string of the molecule is COC(=O)c1ccc(N2CCC(N)C2)nn1. The molecule has 0 bridgehead atoms. The number of methoxy groups -OCH3 is 1. The summed E-state index contributed by atoms with van der Waals surface area (Å²) in [6.07, 6.45) is 0.959. The van der Waals surface area contributed by atoms with Crippen LogP contribution in [-0.2, 0) is 4.74 Å². The summed E-state index contributed by atoms with van der Waals surface area (Å²) in [6, 6.07) is 3.57. The summed E-state index contributed by atoms with van der Waals surface area (Å²) in [5.41, 5.74) is 6.02. The van der Waals surface area contributed by atoms with E-state index in [1.807, 2.05) is 0 Å². The Morgan fingerprint density at radius 1 is 1.56 bits per heavy atom. The van der Waals surface area contributed by atoms with Gasteiger partial charge in [-0.1, -0.05) is 0 Å². The van der Waals surface area contributed by atoms with Crippen molar-refractivity contribution in [2.75, 3.05) is 25.1 Å². The Morgan fingerprint density at radius 2 is 2.38 bits per heavy atom. The van der Waals surface area contributed by atoms with Crippen molar-refractivity contribution in [3.05, 3.63) is 17.8 Å². The molecule has 1 atom stereocenters. The van der Waals surface area contributed by atoms with Crippen molar-refractivity contribution in [1.82, 2.24) is 10.2 Å². The molecule has 16 heavy (non-hydrogen) atoms. The Morgan fingerprint density at radius 3 is 2.88 bits per heavy atom. The number of esters is 1. The fraction of sp³-hybridized carbons (Fsp3) is 0.500. The number of carbonyl (C=O) groups is 1. The molecule has 6 heteroatoms. The lowest BCUT2D eigenvalue weighted by molar-refractivity contribution is 0.0592. The first-order valence-electron chi connectivity index (χ1n) is 5.13. The molecule has 1 aliphatic heterocycles. The van der Waals surface area contributed by atoms with Crippen molar-refractivity contribution in [3.8, 4) is 0 Å². The maximum atomic E-state index is 11.1. The standard InChI is InChI=1S/C10H14N4O2/c1-16-10(15)8-2-3-9(13-12-8)14-5-4-7(11)6-14/h2-3,7H,4-6,11H2,1H3. The van der Waals surface area contributed by atoms with E-state index < -0.39 is 5.97 Å². The van der Waals surface area contributed by atoms with Gasteiger partial charge in [-0.05, 0) is 18.6 Å². The lowest BCUT2D eigenvalue weighted by atomic mass is 10.3. The molecule has 0 aliphatic carbocycles. The Kier molecular flexibility index (Phi) is 3.00. The third-order valence-corrected chi connectivity index (χ3v) is 2.59. The van der Waals surface area contributed by atoms with E-state index in [4.69, 9.17) is 5.73 Å². The first kappa shape index (κ1) is 10.8. The maximum Gasteiger partial charge on any atom is 0.358 e. The zero-order valence-electron chi connectivity index (χ0n) is 9.09. The number of aromatic nitrogens is 2. The van der Waals surface area contributed by atoms with Crippen LogP contribution in [0.1, 0.15) is 16.9 Å². The lowest BCUT2D eigenvalue weighted by Gasteiger charge is -2.15. The first-order valence-corrected chi connectivity index (χ1v) is 5.13. The topological polar surface area (TPSA) is 81.3 Å². The predicted octanol–water partition coefficient (Wildman–Crippen LogP) is -0.199. The molecule has 1 saturated heterocycles. The molecule has 2 N–H and O–H groups in total. The molecular weight excluding hydrogens is 208 g/mol. The van der Waals surface area contributed by atoms with Crippen molar-refractivity contribution >= 4 is 11.8 Å². The molecule has 2 rings (SSSR count). The molecule has 86 valence electrons. The number of hydrogen-bond donors (Lipinski definition) is 1. The highest BCUT2D eigenvalue weighted by Gasteiger charge is 2.20. The Balaban J connectivity index is 2.10. The third-order valence-electron chi connectivity index (χ3n) is 2.59. The fourth-order valence-corrected chi connectivity index (χ4v) is 1.70. The van der Waals surface area contributed by atoms with Crippen LogP contribution in [0.5, 0.6) is 0 Å². The summed E-state index contributed by atoms with van der Waals surface area (Å²) in [6.45, 7) is 1.67. The van der Waals surface area contributed by atoms with Crippen LogP contribution in [-0.4, -0.2) is 42.4 Å². The molecule has 0 amide bonds. The van der Waals surface area contributed by atoms with Gasteiger partial charge in [0.2, 0.25) is 0 Å². The van der Waals surface area contributed by atoms with Gasteiger partial charge in [-0.3, -0.25) is 0 Å². The van der Waals surface area contributed by atoms with Gasteiger partial charge >= 0.3 is 5.97 Å². The number of nitrogens with zero attached hydrogens (tertiary/aromatic N) is 3. The van der Waals surface area contributed by atoms with E-state index >= 15 is 0 Å². The molecular formula is C10H14N4O2. The highest BCUT2D eigenvalue weighted by molar-refractivity contribution is 5.86. The van der Waals surface area contributed by atoms with Gasteiger partial charge in [0.05, 0.1) is 7.11 Å². The van der Waals surface area contributed by atoms with E-state index in [-0.39, 0.29) is 11.7 Å². The zero-order valence-corrected chi connectivity index (χ0v) is 9.09. The van der Waals surface area contributed by atoms with Gasteiger partial charge < -0.3 is 15.4 Å². The number of rotatable bonds is 2. The zero-order chi connectivity index (χ0) is 11.5. The van der Waals surface area contributed by atoms with E-state index in [2.05, 4.69) is 19.8 Å². The first-order chi connectivity index (χ1) is 7.70. The van der Waals surface area contributed by atoms with Crippen LogP contribution < -0.4 is 10.6 Å². The molecule has 0 saturated carbocycles. The molecule has 0 aromatic carbocycles. The van der Waals surface area contributed by atoms with Crippen LogP contribution in [0.4, 0.5) is 5.82 Å². The number of hydrogen-bond acceptors (Lipinski definition) is 6. The van der Waals surface area contributed by atoms with E-state index in [0.29, 0.717) is 0 Å². The summed E-state index contributed by atoms with van der Waals surface area (Å²) in [7, 11) is 1.32. The van der Waals surface area contributed by atoms with E-state index in [1.165, 1.54) is 7.11 Å². The smallest absolute Gasteiger partial charge is 0.358 e. The lowest BCUT2D eigenvalue weighted by Crippen LogP contribution is -2.27. The summed E-state index contributed by atoms with van der Waals surface area (Å²) in [5.74, 6) is 0.276. The van der Waals surface area contributed by atoms with Crippen LogP contribution in [0, 0.1) is 0 Å². The van der Waals surface area contributed by atoms with Crippen molar-refractivity contribution in [2.45, 2.75) is 12.5 Å². The normalized spacial score (nSPS) is 19.9. The second-order valence-electron chi connectivity index (χ2n) is 3.76. The summed E-state index contributed by atoms with van der Waals surface area (Å²) < 4.78 is 4.54. The summed E-state index contributed by atoms with van der Waals surface area (Å²) >= 11 is 0. The highest BCUT2D eigenvalue weighted by Crippen LogP contribution is 2.16. The monoisotopic (exact) mass is 222 g/mol. The van der Waals surface area contributed by atoms with Gasteiger partial charge in [0.15, 0.2) is 11.5 Å². The average Bonchev–Trinajstić information content (AvgIpc) is 2.75. The molecule has 0 radical (unpaired) electrons. The van der Waals surface area contributed by atoms with Crippen LogP contribution in [0.2, 0.25) is 0 Å². The fourth-order valence-electron chi connectivity index (χ4n) is 1.70. The third kappa shape index (κ3) is 2.11. The Bertz CT molecular complexity index is 379. The molecule has 1 unspecified atom stereocenters. The van der Waals surface area contributed by atoms with Crippen molar-refractivity contribution in [2.24, 2.45) is 5.73 Å². The van der Waals surface area contributed by atoms with Gasteiger partial charge in [0, 0.05) is 19.1 Å². The van der Waals surface area contributed by atoms with Crippen molar-refractivity contribution in [1.29, 1.82) is 0 Å². The van der Waals surface area contributed by atoms with E-state index in [0.717, 1.165) is 25.3 Å². The largest absolute Gasteiger partial charge is 0.464 e. The molecule has 1 aromatic rings. The van der Waals surface area contributed by atoms with Crippen molar-refractivity contribution < 1.29 is 9.53 Å². The molecule has 2 heterocycles. The minimum absolute atomic E-state index is 0.196. The highest BCUT2D eigenvalue weighted by atomic mass is 16.5. The maximum absolute atomic E-state index is 11.1. The second kappa shape index (κ2) is 4.44. The molecule has 6 nitrogen and oxygen atoms in total. The molecule has 0 spiro atoms. The minimum Gasteiger partial charge on any atom is -0.464 e. The summed E-state index contributed by atoms with van der Waals surface area (Å²) in [4.78, 5) is 13.2. The van der Waals surface area contributed by atoms with Gasteiger partial charge in [-0.15, -0.1) is 10.2 Å². The number of nitrogens with two attached hydrogens (primary N) is 1. The molecule has 1 fully saturated rings. The van der Waals surface area contributed by atoms with Crippen LogP contribution in [0.3, 0.4) is 0 Å². The number of ether oxygens (including phenoxy) is 1. The van der Waals surface area contributed by atoms with Gasteiger partial charge in [0.1, 0.15) is 0 Å². The van der Waals surface area contributed by atoms with Gasteiger partial charge in [0.25, 0.3) is 0 Å². The van der Waals surface area contributed by atoms with E-state index in [9.17, 15) is 4.79 Å². The Labute approximate surface area is 93.4 Å². The average molecular weight is 222 g/mol. The minimum atomic E-state index is -0.475. The number of anilines is 1. The molecule has 1 aliphatic rings. The molecule has 1 aromatic heterocycles. The van der Waals surface area contributed by atoms with Crippen molar-refractivity contribution in [3.63, 3.8) is 0 Å². The Hall–Kier alpha value is -1.69. The summed E-state index contributed by atoms with van der Waals surface area (Å²) in [5, 5.41) is 7.80. The predicted molar refractivity (Wildman–Crippen MR) is 58.2 cm³/mol. The van der Waals surface area contributed by atoms with E-state index in [1.54, 1.807) is 12.1 Å². The quantitative estimate of drug-likeness (QED) is 0.698. The second-order valence-corrected chi connectivity index (χ2v) is 3.76. The van der Waals surface area contributed by atoms with Crippen LogP contribution >= 0.6 is 0 Å². The number of carbonyl (C=O) groups excluding carboxylic acids is 1. The van der Waals surface area contributed by atoms with Crippen LogP contribution in [0.25, 0.3) is 0 Å². The van der Waals surface area contributed by atoms with Gasteiger partial charge in [-0.25, -0.2) is 4.79 Å². The van der Waals surface area contributed by atoms with Gasteiger partial charge in [-0.2, -0.15) is 0 Å². The van der Waals surface area contributed by atoms with Crippen LogP contribution in [0.15, 0.2) is 12.1 Å².